The van der Waals surface area contributed by atoms with Gasteiger partial charge >= 0.3 is 0 Å². The van der Waals surface area contributed by atoms with Gasteiger partial charge in [-0.3, -0.25) is 10.2 Å². The zero-order valence-corrected chi connectivity index (χ0v) is 11.0. The van der Waals surface area contributed by atoms with Gasteiger partial charge in [-0.15, -0.1) is 0 Å². The van der Waals surface area contributed by atoms with E-state index in [0.29, 0.717) is 18.5 Å². The summed E-state index contributed by atoms with van der Waals surface area (Å²) >= 11 is 0. The van der Waals surface area contributed by atoms with Crippen LogP contribution in [0.1, 0.15) is 58.8 Å². The molecule has 4 heteroatoms. The fourth-order valence-electron chi connectivity index (χ4n) is 2.95. The van der Waals surface area contributed by atoms with Crippen molar-refractivity contribution in [1.82, 2.24) is 10.4 Å². The first-order chi connectivity index (χ1) is 8.00. The number of hydrazine groups is 1. The monoisotopic (exact) mass is 239 g/mol. The van der Waals surface area contributed by atoms with Gasteiger partial charge in [0, 0.05) is 24.0 Å². The van der Waals surface area contributed by atoms with Crippen LogP contribution in [0.2, 0.25) is 0 Å². The van der Waals surface area contributed by atoms with Crippen LogP contribution in [0.3, 0.4) is 0 Å². The van der Waals surface area contributed by atoms with E-state index in [4.69, 9.17) is 5.73 Å². The third-order valence-electron chi connectivity index (χ3n) is 4.31. The van der Waals surface area contributed by atoms with Crippen LogP contribution < -0.4 is 11.2 Å². The van der Waals surface area contributed by atoms with Gasteiger partial charge in [-0.05, 0) is 46.0 Å². The second-order valence-corrected chi connectivity index (χ2v) is 5.96. The van der Waals surface area contributed by atoms with Gasteiger partial charge in [-0.25, -0.2) is 5.01 Å². The quantitative estimate of drug-likeness (QED) is 0.785. The number of amides is 1. The molecular formula is C13H25N3O. The van der Waals surface area contributed by atoms with Crippen molar-refractivity contribution in [3.63, 3.8) is 0 Å². The number of rotatable bonds is 3. The Morgan fingerprint density at radius 1 is 1.29 bits per heavy atom. The normalized spacial score (nSPS) is 32.9. The molecule has 17 heavy (non-hydrogen) atoms. The molecule has 4 nitrogen and oxygen atoms in total. The Morgan fingerprint density at radius 3 is 2.35 bits per heavy atom. The third kappa shape index (κ3) is 2.99. The number of carbonyl (C=O) groups is 1. The van der Waals surface area contributed by atoms with Crippen molar-refractivity contribution in [1.29, 1.82) is 0 Å². The second-order valence-electron chi connectivity index (χ2n) is 5.96. The van der Waals surface area contributed by atoms with Crippen LogP contribution in [0.25, 0.3) is 0 Å². The van der Waals surface area contributed by atoms with Crippen molar-refractivity contribution in [3.8, 4) is 0 Å². The Hall–Kier alpha value is -0.610. The standard InChI is InChI=1S/C13H25N3O/c1-10-5-3-6-11(2)16(10)15-12(17)9-13(14)7-4-8-13/h10-11H,3-9,14H2,1-2H3,(H,15,17). The van der Waals surface area contributed by atoms with Gasteiger partial charge in [0.1, 0.15) is 0 Å². The number of nitrogens with two attached hydrogens (primary N) is 1. The fraction of sp³-hybridized carbons (Fsp3) is 0.923. The molecule has 0 aromatic heterocycles. The maximum absolute atomic E-state index is 12.0. The number of hydrogen-bond donors (Lipinski definition) is 2. The Labute approximate surface area is 104 Å². The summed E-state index contributed by atoms with van der Waals surface area (Å²) < 4.78 is 0. The summed E-state index contributed by atoms with van der Waals surface area (Å²) in [6, 6.07) is 0.885. The molecule has 2 fully saturated rings. The van der Waals surface area contributed by atoms with Crippen LogP contribution in [-0.4, -0.2) is 28.5 Å². The summed E-state index contributed by atoms with van der Waals surface area (Å²) in [5.41, 5.74) is 8.94. The number of nitrogens with one attached hydrogen (secondary N) is 1. The molecule has 3 N–H and O–H groups in total. The number of carbonyl (C=O) groups excluding carboxylic acids is 1. The minimum Gasteiger partial charge on any atom is -0.325 e. The minimum absolute atomic E-state index is 0.0906. The maximum Gasteiger partial charge on any atom is 0.236 e. The first-order valence-corrected chi connectivity index (χ1v) is 6.87. The molecule has 0 aromatic rings. The highest BCUT2D eigenvalue weighted by Crippen LogP contribution is 2.32. The molecule has 1 heterocycles. The largest absolute Gasteiger partial charge is 0.325 e. The van der Waals surface area contributed by atoms with Crippen LogP contribution in [0, 0.1) is 0 Å². The van der Waals surface area contributed by atoms with Crippen molar-refractivity contribution >= 4 is 5.91 Å². The molecule has 2 atom stereocenters. The number of nitrogens with zero attached hydrogens (tertiary/aromatic N) is 1. The highest BCUT2D eigenvalue weighted by atomic mass is 16.2. The van der Waals surface area contributed by atoms with Crippen LogP contribution in [0.4, 0.5) is 0 Å². The third-order valence-corrected chi connectivity index (χ3v) is 4.31. The van der Waals surface area contributed by atoms with Crippen molar-refractivity contribution < 1.29 is 4.79 Å². The molecule has 0 spiro atoms. The predicted octanol–water partition coefficient (Wildman–Crippen LogP) is 1.55. The van der Waals surface area contributed by atoms with E-state index >= 15 is 0 Å². The summed E-state index contributed by atoms with van der Waals surface area (Å²) in [5.74, 6) is 0.0906. The van der Waals surface area contributed by atoms with Gasteiger partial charge in [-0.1, -0.05) is 6.42 Å². The van der Waals surface area contributed by atoms with E-state index in [1.54, 1.807) is 0 Å². The van der Waals surface area contributed by atoms with Crippen LogP contribution in [-0.2, 0) is 4.79 Å². The number of piperidine rings is 1. The average Bonchev–Trinajstić information content (AvgIpc) is 2.21. The predicted molar refractivity (Wildman–Crippen MR) is 68.1 cm³/mol. The Bertz CT molecular complexity index is 278. The lowest BCUT2D eigenvalue weighted by Gasteiger charge is -2.41. The lowest BCUT2D eigenvalue weighted by molar-refractivity contribution is -0.131. The summed E-state index contributed by atoms with van der Waals surface area (Å²) in [5, 5.41) is 2.12. The van der Waals surface area contributed by atoms with Gasteiger partial charge < -0.3 is 5.73 Å². The molecule has 2 aliphatic rings. The molecule has 1 aliphatic carbocycles. The minimum atomic E-state index is -0.216. The lowest BCUT2D eigenvalue weighted by atomic mass is 9.75. The highest BCUT2D eigenvalue weighted by molar-refractivity contribution is 5.77. The van der Waals surface area contributed by atoms with E-state index in [1.807, 2.05) is 0 Å². The molecule has 98 valence electrons. The average molecular weight is 239 g/mol. The summed E-state index contributed by atoms with van der Waals surface area (Å²) in [7, 11) is 0. The van der Waals surface area contributed by atoms with E-state index in [9.17, 15) is 4.79 Å². The van der Waals surface area contributed by atoms with Crippen LogP contribution in [0.5, 0.6) is 0 Å². The van der Waals surface area contributed by atoms with E-state index in [2.05, 4.69) is 24.3 Å². The van der Waals surface area contributed by atoms with Crippen molar-refractivity contribution in [3.05, 3.63) is 0 Å². The van der Waals surface area contributed by atoms with E-state index in [-0.39, 0.29) is 11.4 Å². The van der Waals surface area contributed by atoms with Crippen molar-refractivity contribution in [2.45, 2.75) is 76.4 Å². The van der Waals surface area contributed by atoms with Gasteiger partial charge in [0.15, 0.2) is 0 Å². The van der Waals surface area contributed by atoms with E-state index < -0.39 is 0 Å². The van der Waals surface area contributed by atoms with Gasteiger partial charge in [0.05, 0.1) is 0 Å². The highest BCUT2D eigenvalue weighted by Gasteiger charge is 2.36. The Balaban J connectivity index is 1.84. The van der Waals surface area contributed by atoms with Gasteiger partial charge in [0.2, 0.25) is 5.91 Å². The molecule has 0 bridgehead atoms. The first kappa shape index (κ1) is 12.8. The Kier molecular flexibility index (Phi) is 3.73. The first-order valence-electron chi connectivity index (χ1n) is 6.87. The summed E-state index contributed by atoms with van der Waals surface area (Å²) in [4.78, 5) is 12.0. The summed E-state index contributed by atoms with van der Waals surface area (Å²) in [6.07, 6.45) is 7.21. The van der Waals surface area contributed by atoms with Gasteiger partial charge in [-0.2, -0.15) is 0 Å². The maximum atomic E-state index is 12.0. The fourth-order valence-corrected chi connectivity index (χ4v) is 2.95. The van der Waals surface area contributed by atoms with Crippen LogP contribution >= 0.6 is 0 Å². The molecule has 1 saturated carbocycles. The van der Waals surface area contributed by atoms with Gasteiger partial charge in [0.25, 0.3) is 0 Å². The SMILES string of the molecule is CC1CCCC(C)N1NC(=O)CC1(N)CCC1. The molecule has 1 aliphatic heterocycles. The lowest BCUT2D eigenvalue weighted by Crippen LogP contribution is -2.57. The molecule has 2 rings (SSSR count). The molecule has 2 unspecified atom stereocenters. The zero-order valence-electron chi connectivity index (χ0n) is 11.0. The number of hydrogen-bond acceptors (Lipinski definition) is 3. The molecule has 1 amide bonds. The topological polar surface area (TPSA) is 58.4 Å². The molecule has 0 aromatic carbocycles. The molecular weight excluding hydrogens is 214 g/mol. The smallest absolute Gasteiger partial charge is 0.236 e. The van der Waals surface area contributed by atoms with E-state index in [0.717, 1.165) is 12.8 Å². The molecule has 1 saturated heterocycles. The Morgan fingerprint density at radius 2 is 1.88 bits per heavy atom. The van der Waals surface area contributed by atoms with Crippen molar-refractivity contribution in [2.24, 2.45) is 5.73 Å². The molecule has 0 radical (unpaired) electrons. The van der Waals surface area contributed by atoms with Crippen LogP contribution in [0.15, 0.2) is 0 Å². The second kappa shape index (κ2) is 4.94. The zero-order chi connectivity index (χ0) is 12.5. The van der Waals surface area contributed by atoms with E-state index in [1.165, 1.54) is 25.7 Å². The summed E-state index contributed by atoms with van der Waals surface area (Å²) in [6.45, 7) is 4.36. The van der Waals surface area contributed by atoms with Crippen molar-refractivity contribution in [2.75, 3.05) is 0 Å².